The molecule has 0 saturated carbocycles. The van der Waals surface area contributed by atoms with Gasteiger partial charge in [0.1, 0.15) is 5.75 Å². The van der Waals surface area contributed by atoms with Crippen LogP contribution in [0.4, 0.5) is 15.8 Å². The van der Waals surface area contributed by atoms with Gasteiger partial charge in [-0.15, -0.1) is 0 Å². The molecule has 0 aromatic heterocycles. The SMILES string of the molecule is COc1ccc(N2CCN(c3cccc(CO[Si](C)(C)C(C)(C)C)c3F)CC2)cc1. The standard InChI is InChI=1S/C24H35FN2O2Si/c1-24(2,3)30(5,6)29-18-19-8-7-9-22(23(19)25)27-16-14-26(15-17-27)20-10-12-21(28-4)13-11-20/h7-13H,14-18H2,1-6H3. The summed E-state index contributed by atoms with van der Waals surface area (Å²) in [6, 6.07) is 13.8. The van der Waals surface area contributed by atoms with E-state index >= 15 is 4.39 Å². The predicted octanol–water partition coefficient (Wildman–Crippen LogP) is 5.68. The summed E-state index contributed by atoms with van der Waals surface area (Å²) in [6.45, 7) is 14.6. The molecule has 0 radical (unpaired) electrons. The van der Waals surface area contributed by atoms with Crippen LogP contribution in [0.5, 0.6) is 5.75 Å². The van der Waals surface area contributed by atoms with Crippen LogP contribution in [0.25, 0.3) is 0 Å². The van der Waals surface area contributed by atoms with Crippen molar-refractivity contribution in [2.45, 2.75) is 45.5 Å². The third-order valence-electron chi connectivity index (χ3n) is 6.51. The van der Waals surface area contributed by atoms with Gasteiger partial charge in [-0.05, 0) is 48.5 Å². The van der Waals surface area contributed by atoms with Crippen molar-refractivity contribution in [2.75, 3.05) is 43.1 Å². The van der Waals surface area contributed by atoms with E-state index < -0.39 is 8.32 Å². The van der Waals surface area contributed by atoms with Crippen molar-refractivity contribution in [2.24, 2.45) is 0 Å². The van der Waals surface area contributed by atoms with Crippen LogP contribution in [0.15, 0.2) is 42.5 Å². The Morgan fingerprint density at radius 1 is 0.933 bits per heavy atom. The van der Waals surface area contributed by atoms with Crippen molar-refractivity contribution >= 4 is 19.7 Å². The van der Waals surface area contributed by atoms with Gasteiger partial charge < -0.3 is 19.0 Å². The number of halogens is 1. The van der Waals surface area contributed by atoms with Crippen LogP contribution < -0.4 is 14.5 Å². The van der Waals surface area contributed by atoms with E-state index in [1.54, 1.807) is 7.11 Å². The van der Waals surface area contributed by atoms with Crippen LogP contribution in [0, 0.1) is 5.82 Å². The largest absolute Gasteiger partial charge is 0.497 e. The summed E-state index contributed by atoms with van der Waals surface area (Å²) in [7, 11) is -0.243. The molecule has 4 nitrogen and oxygen atoms in total. The Hall–Kier alpha value is -2.05. The van der Waals surface area contributed by atoms with Gasteiger partial charge in [-0.1, -0.05) is 32.9 Å². The molecule has 3 rings (SSSR count). The lowest BCUT2D eigenvalue weighted by atomic mass is 10.1. The van der Waals surface area contributed by atoms with E-state index in [0.717, 1.165) is 31.9 Å². The molecule has 1 saturated heterocycles. The molecule has 30 heavy (non-hydrogen) atoms. The molecule has 1 heterocycles. The molecule has 2 aromatic rings. The van der Waals surface area contributed by atoms with E-state index in [4.69, 9.17) is 9.16 Å². The van der Waals surface area contributed by atoms with E-state index in [1.165, 1.54) is 5.69 Å². The summed E-state index contributed by atoms with van der Waals surface area (Å²) in [5, 5.41) is 0.110. The molecule has 0 amide bonds. The van der Waals surface area contributed by atoms with Crippen LogP contribution in [0.3, 0.4) is 0 Å². The Morgan fingerprint density at radius 3 is 2.10 bits per heavy atom. The van der Waals surface area contributed by atoms with E-state index in [-0.39, 0.29) is 10.9 Å². The molecule has 0 bridgehead atoms. The van der Waals surface area contributed by atoms with Crippen molar-refractivity contribution in [3.8, 4) is 5.75 Å². The quantitative estimate of drug-likeness (QED) is 0.550. The average Bonchev–Trinajstić information content (AvgIpc) is 2.72. The number of piperazine rings is 1. The molecule has 0 spiro atoms. The van der Waals surface area contributed by atoms with Crippen molar-refractivity contribution < 1.29 is 13.6 Å². The van der Waals surface area contributed by atoms with Crippen molar-refractivity contribution in [3.63, 3.8) is 0 Å². The maximum Gasteiger partial charge on any atom is 0.192 e. The molecule has 164 valence electrons. The van der Waals surface area contributed by atoms with E-state index in [1.807, 2.05) is 30.3 Å². The van der Waals surface area contributed by atoms with Gasteiger partial charge in [-0.25, -0.2) is 4.39 Å². The minimum absolute atomic E-state index is 0.110. The minimum Gasteiger partial charge on any atom is -0.497 e. The molecule has 0 unspecified atom stereocenters. The number of benzene rings is 2. The normalized spacial score (nSPS) is 15.4. The second kappa shape index (κ2) is 8.98. The maximum absolute atomic E-state index is 15.3. The van der Waals surface area contributed by atoms with Crippen LogP contribution >= 0.6 is 0 Å². The third-order valence-corrected chi connectivity index (χ3v) is 11.0. The molecule has 1 aliphatic heterocycles. The van der Waals surface area contributed by atoms with E-state index in [0.29, 0.717) is 17.9 Å². The zero-order valence-electron chi connectivity index (χ0n) is 19.2. The van der Waals surface area contributed by atoms with E-state index in [2.05, 4.69) is 55.8 Å². The summed E-state index contributed by atoms with van der Waals surface area (Å²) >= 11 is 0. The fourth-order valence-electron chi connectivity index (χ4n) is 3.40. The minimum atomic E-state index is -1.92. The zero-order chi connectivity index (χ0) is 21.9. The molecule has 1 fully saturated rings. The van der Waals surface area contributed by atoms with Crippen LogP contribution in [-0.4, -0.2) is 41.6 Å². The third kappa shape index (κ3) is 4.98. The van der Waals surface area contributed by atoms with Crippen molar-refractivity contribution in [3.05, 3.63) is 53.8 Å². The summed E-state index contributed by atoms with van der Waals surface area (Å²) in [4.78, 5) is 4.48. The molecule has 6 heteroatoms. The number of rotatable bonds is 6. The number of anilines is 2. The molecule has 2 aromatic carbocycles. The van der Waals surface area contributed by atoms with Crippen molar-refractivity contribution in [1.82, 2.24) is 0 Å². The average molecular weight is 431 g/mol. The van der Waals surface area contributed by atoms with Crippen LogP contribution in [0.1, 0.15) is 26.3 Å². The lowest BCUT2D eigenvalue weighted by molar-refractivity contribution is 0.271. The van der Waals surface area contributed by atoms with Gasteiger partial charge in [0.25, 0.3) is 0 Å². The summed E-state index contributed by atoms with van der Waals surface area (Å²) in [6.07, 6.45) is 0. The first-order valence-electron chi connectivity index (χ1n) is 10.7. The van der Waals surface area contributed by atoms with Gasteiger partial charge in [0.15, 0.2) is 14.1 Å². The molecular formula is C24H35FN2O2Si. The summed E-state index contributed by atoms with van der Waals surface area (Å²) in [5.74, 6) is 0.713. The Morgan fingerprint density at radius 2 is 1.53 bits per heavy atom. The fourth-order valence-corrected chi connectivity index (χ4v) is 4.34. The zero-order valence-corrected chi connectivity index (χ0v) is 20.2. The number of ether oxygens (including phenoxy) is 1. The Balaban J connectivity index is 1.65. The highest BCUT2D eigenvalue weighted by Crippen LogP contribution is 2.37. The lowest BCUT2D eigenvalue weighted by Gasteiger charge is -2.38. The van der Waals surface area contributed by atoms with Gasteiger partial charge in [0.2, 0.25) is 0 Å². The summed E-state index contributed by atoms with van der Waals surface area (Å²) in [5.41, 5.74) is 2.50. The van der Waals surface area contributed by atoms with Crippen LogP contribution in [-0.2, 0) is 11.0 Å². The lowest BCUT2D eigenvalue weighted by Crippen LogP contribution is -2.47. The number of hydrogen-bond acceptors (Lipinski definition) is 4. The number of nitrogens with zero attached hydrogens (tertiary/aromatic N) is 2. The fraction of sp³-hybridized carbons (Fsp3) is 0.500. The smallest absolute Gasteiger partial charge is 0.192 e. The maximum atomic E-state index is 15.3. The van der Waals surface area contributed by atoms with Gasteiger partial charge in [0.05, 0.1) is 19.4 Å². The predicted molar refractivity (Wildman–Crippen MR) is 126 cm³/mol. The topological polar surface area (TPSA) is 24.9 Å². The first-order valence-corrected chi connectivity index (χ1v) is 13.6. The second-order valence-corrected chi connectivity index (χ2v) is 14.3. The monoisotopic (exact) mass is 430 g/mol. The molecular weight excluding hydrogens is 395 g/mol. The molecule has 0 N–H and O–H groups in total. The summed E-state index contributed by atoms with van der Waals surface area (Å²) < 4.78 is 26.8. The highest BCUT2D eigenvalue weighted by molar-refractivity contribution is 6.74. The highest BCUT2D eigenvalue weighted by atomic mass is 28.4. The molecule has 0 aliphatic carbocycles. The Kier molecular flexibility index (Phi) is 6.77. The van der Waals surface area contributed by atoms with Crippen molar-refractivity contribution in [1.29, 1.82) is 0 Å². The Labute approximate surface area is 181 Å². The number of methoxy groups -OCH3 is 1. The van der Waals surface area contributed by atoms with Gasteiger partial charge in [-0.2, -0.15) is 0 Å². The Bertz CT molecular complexity index is 841. The first-order chi connectivity index (χ1) is 14.1. The second-order valence-electron chi connectivity index (χ2n) is 9.47. The highest BCUT2D eigenvalue weighted by Gasteiger charge is 2.37. The number of hydrogen-bond donors (Lipinski definition) is 0. The van der Waals surface area contributed by atoms with Gasteiger partial charge in [0, 0.05) is 37.4 Å². The molecule has 1 aliphatic rings. The van der Waals surface area contributed by atoms with Gasteiger partial charge >= 0.3 is 0 Å². The van der Waals surface area contributed by atoms with Gasteiger partial charge in [-0.3, -0.25) is 0 Å². The van der Waals surface area contributed by atoms with Crippen LogP contribution in [0.2, 0.25) is 18.1 Å². The molecule has 0 atom stereocenters. The first kappa shape index (κ1) is 22.6. The van der Waals surface area contributed by atoms with E-state index in [9.17, 15) is 0 Å².